The maximum absolute atomic E-state index is 13.9. The summed E-state index contributed by atoms with van der Waals surface area (Å²) in [6, 6.07) is 0.430. The molecular formula is C26H32F2N4O7. The molecule has 212 valence electrons. The molecule has 39 heavy (non-hydrogen) atoms. The van der Waals surface area contributed by atoms with Gasteiger partial charge in [-0.15, -0.1) is 0 Å². The summed E-state index contributed by atoms with van der Waals surface area (Å²) in [7, 11) is 6.50. The lowest BCUT2D eigenvalue weighted by Gasteiger charge is -2.50. The SMILES string of the molecule is CN(C)c1cc(CNCC(F)F)c(O)c2c1C[C@H]1C[C@H]3[C@H](N(C)C)C(=O)C(C(N)=O)=C(O)[C@@]3(O)C(=O)C1=C2O. The highest BCUT2D eigenvalue weighted by atomic mass is 19.3. The maximum Gasteiger partial charge on any atom is 0.255 e. The molecule has 1 fully saturated rings. The number of rotatable bonds is 7. The summed E-state index contributed by atoms with van der Waals surface area (Å²) in [5.41, 5.74) is 2.58. The van der Waals surface area contributed by atoms with Crippen LogP contribution < -0.4 is 16.0 Å². The van der Waals surface area contributed by atoms with Gasteiger partial charge in [0, 0.05) is 43.4 Å². The van der Waals surface area contributed by atoms with E-state index in [1.165, 1.54) is 19.0 Å². The van der Waals surface area contributed by atoms with E-state index in [0.717, 1.165) is 0 Å². The van der Waals surface area contributed by atoms with Gasteiger partial charge in [-0.3, -0.25) is 19.3 Å². The van der Waals surface area contributed by atoms with E-state index < -0.39 is 76.8 Å². The van der Waals surface area contributed by atoms with Gasteiger partial charge in [-0.2, -0.15) is 0 Å². The largest absolute Gasteiger partial charge is 0.508 e. The van der Waals surface area contributed by atoms with Gasteiger partial charge >= 0.3 is 0 Å². The summed E-state index contributed by atoms with van der Waals surface area (Å²) in [6.07, 6.45) is -2.53. The molecule has 0 aliphatic heterocycles. The number of likely N-dealkylation sites (N-methyl/N-ethyl adjacent to an activating group) is 1. The molecule has 0 saturated heterocycles. The summed E-state index contributed by atoms with van der Waals surface area (Å²) >= 11 is 0. The molecule has 0 spiro atoms. The first kappa shape index (κ1) is 28.5. The number of nitrogens with zero attached hydrogens (tertiary/aromatic N) is 2. The topological polar surface area (TPSA) is 177 Å². The quantitative estimate of drug-likeness (QED) is 0.260. The first-order valence-electron chi connectivity index (χ1n) is 12.3. The number of anilines is 1. The zero-order valence-corrected chi connectivity index (χ0v) is 22.0. The second-order valence-corrected chi connectivity index (χ2v) is 10.6. The summed E-state index contributed by atoms with van der Waals surface area (Å²) in [4.78, 5) is 42.3. The molecule has 4 atom stereocenters. The van der Waals surface area contributed by atoms with Crippen molar-refractivity contribution in [1.82, 2.24) is 10.2 Å². The minimum atomic E-state index is -2.74. The number of ketones is 2. The van der Waals surface area contributed by atoms with Crippen LogP contribution in [0.2, 0.25) is 0 Å². The zero-order chi connectivity index (χ0) is 29.1. The van der Waals surface area contributed by atoms with E-state index in [0.29, 0.717) is 11.3 Å². The zero-order valence-electron chi connectivity index (χ0n) is 22.0. The smallest absolute Gasteiger partial charge is 0.255 e. The van der Waals surface area contributed by atoms with Gasteiger partial charge < -0.3 is 36.4 Å². The minimum absolute atomic E-state index is 0.0307. The van der Waals surface area contributed by atoms with E-state index >= 15 is 0 Å². The molecule has 11 nitrogen and oxygen atoms in total. The number of benzene rings is 1. The second kappa shape index (κ2) is 9.88. The Bertz CT molecular complexity index is 1320. The van der Waals surface area contributed by atoms with E-state index in [1.807, 2.05) is 0 Å². The van der Waals surface area contributed by atoms with Gasteiger partial charge in [-0.25, -0.2) is 8.78 Å². The number of aliphatic hydroxyl groups excluding tert-OH is 2. The maximum atomic E-state index is 13.9. The fraction of sp³-hybridized carbons (Fsp3) is 0.500. The van der Waals surface area contributed by atoms with Crippen LogP contribution in [-0.2, 0) is 27.3 Å². The molecule has 1 saturated carbocycles. The molecule has 0 aromatic heterocycles. The number of phenolic OH excluding ortho intramolecular Hbond substituents is 1. The monoisotopic (exact) mass is 550 g/mol. The molecule has 3 aliphatic rings. The number of carbonyl (C=O) groups excluding carboxylic acids is 3. The number of primary amides is 1. The lowest BCUT2D eigenvalue weighted by atomic mass is 9.57. The molecule has 7 N–H and O–H groups in total. The van der Waals surface area contributed by atoms with Crippen molar-refractivity contribution in [1.29, 1.82) is 0 Å². The van der Waals surface area contributed by atoms with E-state index in [9.17, 15) is 43.6 Å². The van der Waals surface area contributed by atoms with Crippen molar-refractivity contribution in [3.8, 4) is 5.75 Å². The van der Waals surface area contributed by atoms with Gasteiger partial charge in [-0.1, -0.05) is 0 Å². The van der Waals surface area contributed by atoms with Crippen LogP contribution >= 0.6 is 0 Å². The number of Topliss-reactive ketones (excluding diaryl/α,β-unsaturated/α-hetero) is 2. The van der Waals surface area contributed by atoms with Crippen molar-refractivity contribution in [2.75, 3.05) is 39.6 Å². The van der Waals surface area contributed by atoms with E-state index in [-0.39, 0.29) is 36.1 Å². The standard InChI is InChI=1S/C26H32F2N4O7/c1-31(2)14-7-11(8-30-9-15(27)28)20(33)17-12(14)5-10-6-13-19(32(3)4)22(35)18(25(29)38)24(37)26(13,39)23(36)16(10)21(17)34/h7,10,13,15,19,30,33-34,37,39H,5-6,8-9H2,1-4H3,(H2,29,38)/t10-,13-,19-,26-/m0/s1. The molecule has 1 amide bonds. The Morgan fingerprint density at radius 3 is 2.38 bits per heavy atom. The Hall–Kier alpha value is -3.55. The summed E-state index contributed by atoms with van der Waals surface area (Å²) < 4.78 is 25.3. The highest BCUT2D eigenvalue weighted by molar-refractivity contribution is 6.24. The number of hydrogen-bond acceptors (Lipinski definition) is 10. The Morgan fingerprint density at radius 1 is 1.21 bits per heavy atom. The molecule has 0 unspecified atom stereocenters. The third-order valence-electron chi connectivity index (χ3n) is 7.87. The summed E-state index contributed by atoms with van der Waals surface area (Å²) in [6.45, 7) is -0.788. The predicted molar refractivity (Wildman–Crippen MR) is 136 cm³/mol. The van der Waals surface area contributed by atoms with Crippen molar-refractivity contribution in [2.24, 2.45) is 17.6 Å². The van der Waals surface area contributed by atoms with Gasteiger partial charge in [-0.05, 0) is 44.5 Å². The van der Waals surface area contributed by atoms with Gasteiger partial charge in [0.25, 0.3) is 12.3 Å². The van der Waals surface area contributed by atoms with Crippen molar-refractivity contribution < 1.29 is 43.6 Å². The second-order valence-electron chi connectivity index (χ2n) is 10.6. The summed E-state index contributed by atoms with van der Waals surface area (Å²) in [5, 5.41) is 47.6. The van der Waals surface area contributed by atoms with Crippen LogP contribution in [0.4, 0.5) is 14.5 Å². The number of carbonyl (C=O) groups is 3. The van der Waals surface area contributed by atoms with Crippen molar-refractivity contribution >= 4 is 28.9 Å². The Kier molecular flexibility index (Phi) is 7.21. The molecule has 1 aromatic rings. The van der Waals surface area contributed by atoms with E-state index in [2.05, 4.69) is 5.32 Å². The Balaban J connectivity index is 1.93. The van der Waals surface area contributed by atoms with Crippen molar-refractivity contribution in [3.63, 3.8) is 0 Å². The van der Waals surface area contributed by atoms with Crippen LogP contribution in [0.3, 0.4) is 0 Å². The molecule has 3 aliphatic carbocycles. The van der Waals surface area contributed by atoms with Gasteiger partial charge in [0.15, 0.2) is 11.4 Å². The number of phenols is 1. The highest BCUT2D eigenvalue weighted by Gasteiger charge is 2.64. The van der Waals surface area contributed by atoms with Gasteiger partial charge in [0.05, 0.1) is 18.2 Å². The van der Waals surface area contributed by atoms with E-state index in [4.69, 9.17) is 5.73 Å². The molecule has 0 bridgehead atoms. The number of nitrogens with one attached hydrogen (secondary N) is 1. The molecule has 0 radical (unpaired) electrons. The molecule has 13 heteroatoms. The fourth-order valence-corrected chi connectivity index (χ4v) is 6.20. The van der Waals surface area contributed by atoms with Crippen molar-refractivity contribution in [3.05, 3.63) is 39.7 Å². The number of hydrogen-bond donors (Lipinski definition) is 6. The summed E-state index contributed by atoms with van der Waals surface area (Å²) in [5.74, 6) is -7.37. The lowest BCUT2D eigenvalue weighted by molar-refractivity contribution is -0.153. The van der Waals surface area contributed by atoms with Crippen LogP contribution in [0, 0.1) is 11.8 Å². The van der Waals surface area contributed by atoms with Crippen LogP contribution in [0.25, 0.3) is 5.76 Å². The fourth-order valence-electron chi connectivity index (χ4n) is 6.20. The first-order chi connectivity index (χ1) is 18.1. The third-order valence-corrected chi connectivity index (χ3v) is 7.87. The number of nitrogens with two attached hydrogens (primary N) is 1. The number of alkyl halides is 2. The normalized spacial score (nSPS) is 26.6. The van der Waals surface area contributed by atoms with E-state index in [1.54, 1.807) is 25.1 Å². The number of aliphatic hydroxyl groups is 3. The Labute approximate surface area is 223 Å². The molecule has 4 rings (SSSR count). The van der Waals surface area contributed by atoms with Crippen LogP contribution in [-0.4, -0.2) is 95.6 Å². The minimum Gasteiger partial charge on any atom is -0.508 e. The van der Waals surface area contributed by atoms with Crippen LogP contribution in [0.1, 0.15) is 23.1 Å². The number of aromatic hydroxyl groups is 1. The van der Waals surface area contributed by atoms with Crippen LogP contribution in [0.5, 0.6) is 5.75 Å². The van der Waals surface area contributed by atoms with Gasteiger partial charge in [0.2, 0.25) is 5.78 Å². The predicted octanol–water partition coefficient (Wildman–Crippen LogP) is 0.385. The lowest BCUT2D eigenvalue weighted by Crippen LogP contribution is -2.65. The first-order valence-corrected chi connectivity index (χ1v) is 12.3. The van der Waals surface area contributed by atoms with Gasteiger partial charge in [0.1, 0.15) is 22.8 Å². The molecular weight excluding hydrogens is 518 g/mol. The average Bonchev–Trinajstić information content (AvgIpc) is 2.81. The Morgan fingerprint density at radius 2 is 1.85 bits per heavy atom. The number of halogens is 2. The molecule has 0 heterocycles. The highest BCUT2D eigenvalue weighted by Crippen LogP contribution is 2.54. The molecule has 1 aromatic carbocycles. The van der Waals surface area contributed by atoms with Crippen LogP contribution in [0.15, 0.2) is 23.0 Å². The number of fused-ring (bicyclic) bond motifs is 3. The van der Waals surface area contributed by atoms with Crippen molar-refractivity contribution in [2.45, 2.75) is 37.5 Å². The average molecular weight is 551 g/mol. The third kappa shape index (κ3) is 4.24. The number of amides is 1.